The fourth-order valence-corrected chi connectivity index (χ4v) is 5.86. The zero-order valence-corrected chi connectivity index (χ0v) is 22.0. The van der Waals surface area contributed by atoms with Gasteiger partial charge in [-0.05, 0) is 70.7 Å². The van der Waals surface area contributed by atoms with Crippen LogP contribution in [-0.2, 0) is 9.47 Å². The quantitative estimate of drug-likeness (QED) is 0.592. The molecule has 1 aromatic heterocycles. The summed E-state index contributed by atoms with van der Waals surface area (Å²) in [5.74, 6) is 0.759. The molecule has 3 saturated heterocycles. The molecule has 2 amide bonds. The van der Waals surface area contributed by atoms with Gasteiger partial charge in [0.25, 0.3) is 11.8 Å². The van der Waals surface area contributed by atoms with Crippen molar-refractivity contribution in [1.29, 1.82) is 0 Å². The van der Waals surface area contributed by atoms with Crippen molar-refractivity contribution in [2.45, 2.75) is 76.5 Å². The molecule has 0 aliphatic carbocycles. The minimum Gasteiger partial charge on any atom is -0.496 e. The fraction of sp³-hybridized carbons (Fsp3) is 0.536. The molecule has 2 bridgehead atoms. The molecule has 37 heavy (non-hydrogen) atoms. The number of hydrogen-bond acceptors (Lipinski definition) is 7. The van der Waals surface area contributed by atoms with Gasteiger partial charge < -0.3 is 29.7 Å². The van der Waals surface area contributed by atoms with E-state index in [4.69, 9.17) is 14.2 Å². The van der Waals surface area contributed by atoms with Crippen LogP contribution < -0.4 is 20.3 Å². The minimum absolute atomic E-state index is 0.0547. The van der Waals surface area contributed by atoms with Gasteiger partial charge >= 0.3 is 0 Å². The molecule has 9 heteroatoms. The number of benzene rings is 1. The zero-order chi connectivity index (χ0) is 26.2. The summed E-state index contributed by atoms with van der Waals surface area (Å²) in [5.41, 5.74) is 2.02. The highest BCUT2D eigenvalue weighted by atomic mass is 16.7. The minimum atomic E-state index is -0.609. The molecule has 1 aromatic carbocycles. The largest absolute Gasteiger partial charge is 0.496 e. The van der Waals surface area contributed by atoms with Gasteiger partial charge in [-0.15, -0.1) is 0 Å². The average molecular weight is 509 g/mol. The van der Waals surface area contributed by atoms with Gasteiger partial charge in [0.1, 0.15) is 17.7 Å². The van der Waals surface area contributed by atoms with E-state index in [0.29, 0.717) is 36.4 Å². The van der Waals surface area contributed by atoms with Crippen LogP contribution >= 0.6 is 0 Å². The first-order valence-corrected chi connectivity index (χ1v) is 13.0. The summed E-state index contributed by atoms with van der Waals surface area (Å²) in [5, 5.41) is 6.16. The van der Waals surface area contributed by atoms with Gasteiger partial charge in [0.2, 0.25) is 0 Å². The Bertz CT molecular complexity index is 1140. The monoisotopic (exact) mass is 508 g/mol. The number of piperidine rings is 1. The van der Waals surface area contributed by atoms with Crippen LogP contribution in [0.1, 0.15) is 65.8 Å². The lowest BCUT2D eigenvalue weighted by atomic mass is 9.96. The summed E-state index contributed by atoms with van der Waals surface area (Å²) in [7, 11) is 1.62. The standard InChI is InChI=1S/C28H36N4O5/c1-17-23(6-5-7-24(17)35-4)27(34)31-19-12-20-9-10-21(13-19)32(20)25-11-8-18(14-29-25)26(33)30-15-22-16-36-28(2,3)37-22/h5-8,11,14,19-22H,9-10,12-13,15-16H2,1-4H3,(H,30,33)(H,31,34)/t19?,20-,21+,22?. The van der Waals surface area contributed by atoms with Gasteiger partial charge in [0, 0.05) is 42.0 Å². The number of hydrogen-bond donors (Lipinski definition) is 2. The number of anilines is 1. The van der Waals surface area contributed by atoms with Gasteiger partial charge in [-0.3, -0.25) is 9.59 Å². The molecule has 9 nitrogen and oxygen atoms in total. The summed E-state index contributed by atoms with van der Waals surface area (Å²) < 4.78 is 16.7. The molecule has 3 fully saturated rings. The van der Waals surface area contributed by atoms with E-state index in [1.165, 1.54) is 0 Å². The summed E-state index contributed by atoms with van der Waals surface area (Å²) in [6.45, 7) is 6.49. The van der Waals surface area contributed by atoms with Gasteiger partial charge in [-0.1, -0.05) is 6.07 Å². The maximum atomic E-state index is 13.0. The molecule has 0 saturated carbocycles. The smallest absolute Gasteiger partial charge is 0.252 e. The Hall–Kier alpha value is -3.17. The summed E-state index contributed by atoms with van der Waals surface area (Å²) >= 11 is 0. The van der Waals surface area contributed by atoms with Crippen LogP contribution in [0.2, 0.25) is 0 Å². The lowest BCUT2D eigenvalue weighted by Crippen LogP contribution is -2.50. The highest BCUT2D eigenvalue weighted by Gasteiger charge is 2.42. The Balaban J connectivity index is 1.17. The maximum Gasteiger partial charge on any atom is 0.252 e. The van der Waals surface area contributed by atoms with Gasteiger partial charge in [0.05, 0.1) is 19.3 Å². The van der Waals surface area contributed by atoms with Crippen LogP contribution in [0, 0.1) is 6.92 Å². The topological polar surface area (TPSA) is 102 Å². The number of pyridine rings is 1. The molecule has 0 spiro atoms. The number of ether oxygens (including phenoxy) is 3. The van der Waals surface area contributed by atoms with Crippen LogP contribution in [0.4, 0.5) is 5.82 Å². The Kier molecular flexibility index (Phi) is 7.09. The highest BCUT2D eigenvalue weighted by molar-refractivity contribution is 5.96. The van der Waals surface area contributed by atoms with Crippen molar-refractivity contribution in [3.8, 4) is 5.75 Å². The number of methoxy groups -OCH3 is 1. The molecule has 0 radical (unpaired) electrons. The average Bonchev–Trinajstić information content (AvgIpc) is 3.37. The Morgan fingerprint density at radius 1 is 1.14 bits per heavy atom. The van der Waals surface area contributed by atoms with Crippen molar-refractivity contribution in [2.75, 3.05) is 25.2 Å². The third-order valence-electron chi connectivity index (χ3n) is 7.65. The van der Waals surface area contributed by atoms with Crippen LogP contribution in [0.25, 0.3) is 0 Å². The van der Waals surface area contributed by atoms with Crippen LogP contribution in [0.3, 0.4) is 0 Å². The number of carbonyl (C=O) groups excluding carboxylic acids is 2. The summed E-state index contributed by atoms with van der Waals surface area (Å²) in [4.78, 5) is 32.6. The van der Waals surface area contributed by atoms with E-state index >= 15 is 0 Å². The van der Waals surface area contributed by atoms with Crippen LogP contribution in [0.5, 0.6) is 5.75 Å². The zero-order valence-electron chi connectivity index (χ0n) is 22.0. The number of nitrogens with zero attached hydrogens (tertiary/aromatic N) is 2. The Morgan fingerprint density at radius 2 is 1.89 bits per heavy atom. The first kappa shape index (κ1) is 25.5. The number of aromatic nitrogens is 1. The second-order valence-electron chi connectivity index (χ2n) is 10.6. The SMILES string of the molecule is COc1cccc(C(=O)NC2C[C@H]3CC[C@@H](C2)N3c2ccc(C(=O)NCC3COC(C)(C)O3)cn2)c1C. The van der Waals surface area contributed by atoms with Crippen molar-refractivity contribution in [1.82, 2.24) is 15.6 Å². The first-order valence-electron chi connectivity index (χ1n) is 13.0. The molecule has 5 rings (SSSR count). The van der Waals surface area contributed by atoms with E-state index in [-0.39, 0.29) is 24.0 Å². The summed E-state index contributed by atoms with van der Waals surface area (Å²) in [6, 6.07) is 10.0. The maximum absolute atomic E-state index is 13.0. The number of amides is 2. The molecule has 2 unspecified atom stereocenters. The fourth-order valence-electron chi connectivity index (χ4n) is 5.86. The Morgan fingerprint density at radius 3 is 2.51 bits per heavy atom. The van der Waals surface area contributed by atoms with E-state index in [1.54, 1.807) is 13.3 Å². The second-order valence-corrected chi connectivity index (χ2v) is 10.6. The van der Waals surface area contributed by atoms with Gasteiger partial charge in [-0.2, -0.15) is 0 Å². The molecule has 3 aliphatic heterocycles. The first-order chi connectivity index (χ1) is 17.7. The number of carbonyl (C=O) groups is 2. The number of nitrogens with one attached hydrogen (secondary N) is 2. The van der Waals surface area contributed by atoms with E-state index in [0.717, 1.165) is 42.8 Å². The van der Waals surface area contributed by atoms with Crippen molar-refractivity contribution < 1.29 is 23.8 Å². The van der Waals surface area contributed by atoms with Crippen molar-refractivity contribution >= 4 is 17.6 Å². The van der Waals surface area contributed by atoms with Crippen molar-refractivity contribution in [3.63, 3.8) is 0 Å². The summed E-state index contributed by atoms with van der Waals surface area (Å²) in [6.07, 6.45) is 5.36. The van der Waals surface area contributed by atoms with Gasteiger partial charge in [-0.25, -0.2) is 4.98 Å². The molecular formula is C28H36N4O5. The third kappa shape index (κ3) is 5.43. The van der Waals surface area contributed by atoms with Crippen molar-refractivity contribution in [2.24, 2.45) is 0 Å². The molecule has 2 aromatic rings. The molecule has 198 valence electrons. The molecule has 4 heterocycles. The normalized spacial score (nSPS) is 26.1. The van der Waals surface area contributed by atoms with E-state index in [1.807, 2.05) is 51.1 Å². The van der Waals surface area contributed by atoms with Gasteiger partial charge in [0.15, 0.2) is 5.79 Å². The number of fused-ring (bicyclic) bond motifs is 2. The van der Waals surface area contributed by atoms with E-state index in [9.17, 15) is 9.59 Å². The molecule has 3 aliphatic rings. The predicted octanol–water partition coefficient (Wildman–Crippen LogP) is 3.21. The highest BCUT2D eigenvalue weighted by Crippen LogP contribution is 2.38. The van der Waals surface area contributed by atoms with Crippen molar-refractivity contribution in [3.05, 3.63) is 53.2 Å². The molecule has 2 N–H and O–H groups in total. The van der Waals surface area contributed by atoms with E-state index in [2.05, 4.69) is 20.5 Å². The molecular weight excluding hydrogens is 472 g/mol. The Labute approximate surface area is 217 Å². The lowest BCUT2D eigenvalue weighted by molar-refractivity contribution is -0.137. The second kappa shape index (κ2) is 10.3. The van der Waals surface area contributed by atoms with Crippen LogP contribution in [0.15, 0.2) is 36.5 Å². The number of rotatable bonds is 7. The molecule has 4 atom stereocenters. The van der Waals surface area contributed by atoms with E-state index < -0.39 is 5.79 Å². The predicted molar refractivity (Wildman–Crippen MR) is 139 cm³/mol. The lowest BCUT2D eigenvalue weighted by Gasteiger charge is -2.40. The van der Waals surface area contributed by atoms with Crippen LogP contribution in [-0.4, -0.2) is 67.1 Å². The third-order valence-corrected chi connectivity index (χ3v) is 7.65.